The summed E-state index contributed by atoms with van der Waals surface area (Å²) in [7, 11) is 0. The van der Waals surface area contributed by atoms with Crippen molar-refractivity contribution < 1.29 is 18.3 Å². The van der Waals surface area contributed by atoms with E-state index < -0.39 is 6.17 Å². The van der Waals surface area contributed by atoms with Crippen molar-refractivity contribution in [3.8, 4) is 5.75 Å². The molecule has 0 radical (unpaired) electrons. The third-order valence-corrected chi connectivity index (χ3v) is 4.88. The number of benzene rings is 1. The van der Waals surface area contributed by atoms with Crippen LogP contribution in [-0.2, 0) is 13.2 Å². The first-order chi connectivity index (χ1) is 12.1. The Morgan fingerprint density at radius 1 is 1.24 bits per heavy atom. The van der Waals surface area contributed by atoms with Crippen LogP contribution in [0.5, 0.6) is 5.75 Å². The van der Waals surface area contributed by atoms with Crippen LogP contribution in [0.1, 0.15) is 29.0 Å². The van der Waals surface area contributed by atoms with Gasteiger partial charge in [-0.2, -0.15) is 5.10 Å². The van der Waals surface area contributed by atoms with E-state index in [2.05, 4.69) is 5.10 Å². The largest absolute Gasteiger partial charge is 0.487 e. The SMILES string of the molecule is O=C1c2cc(COc3cccc(F)c3)nn2CCN1CC1CCC1F. The van der Waals surface area contributed by atoms with Crippen molar-refractivity contribution in [2.24, 2.45) is 5.92 Å². The van der Waals surface area contributed by atoms with Crippen molar-refractivity contribution in [2.45, 2.75) is 32.2 Å². The fourth-order valence-electron chi connectivity index (χ4n) is 3.27. The monoisotopic (exact) mass is 347 g/mol. The molecule has 2 aromatic rings. The lowest BCUT2D eigenvalue weighted by Crippen LogP contribution is -2.46. The molecule has 2 heterocycles. The number of ether oxygens (including phenoxy) is 1. The normalized spacial score (nSPS) is 22.5. The molecule has 1 saturated carbocycles. The number of aromatic nitrogens is 2. The fourth-order valence-corrected chi connectivity index (χ4v) is 3.27. The summed E-state index contributed by atoms with van der Waals surface area (Å²) in [5.74, 6) is -0.100. The lowest BCUT2D eigenvalue weighted by molar-refractivity contribution is 0.0462. The van der Waals surface area contributed by atoms with E-state index in [1.165, 1.54) is 12.1 Å². The zero-order valence-corrected chi connectivity index (χ0v) is 13.7. The van der Waals surface area contributed by atoms with E-state index in [0.717, 1.165) is 6.42 Å². The van der Waals surface area contributed by atoms with E-state index in [0.29, 0.717) is 43.2 Å². The second-order valence-electron chi connectivity index (χ2n) is 6.59. The van der Waals surface area contributed by atoms with Crippen LogP contribution in [0.3, 0.4) is 0 Å². The molecule has 1 aliphatic carbocycles. The molecule has 0 bridgehead atoms. The molecule has 1 aromatic heterocycles. The summed E-state index contributed by atoms with van der Waals surface area (Å²) in [5.41, 5.74) is 1.11. The minimum atomic E-state index is -0.783. The molecule has 1 aliphatic heterocycles. The average molecular weight is 347 g/mol. The molecule has 1 aromatic carbocycles. The number of hydrogen-bond acceptors (Lipinski definition) is 3. The standard InChI is InChI=1S/C18H19F2N3O2/c19-13-2-1-3-15(8-13)25-11-14-9-17-18(24)22(6-7-23(17)21-14)10-12-4-5-16(12)20/h1-3,8-9,12,16H,4-7,10-11H2. The summed E-state index contributed by atoms with van der Waals surface area (Å²) < 4.78 is 33.8. The molecule has 5 nitrogen and oxygen atoms in total. The Kier molecular flexibility index (Phi) is 4.15. The van der Waals surface area contributed by atoms with Crippen molar-refractivity contribution in [1.82, 2.24) is 14.7 Å². The van der Waals surface area contributed by atoms with Gasteiger partial charge in [-0.05, 0) is 31.0 Å². The quantitative estimate of drug-likeness (QED) is 0.836. The number of nitrogens with zero attached hydrogens (tertiary/aromatic N) is 3. The Balaban J connectivity index is 1.42. The molecule has 0 spiro atoms. The molecule has 7 heteroatoms. The van der Waals surface area contributed by atoms with Crippen LogP contribution in [0.4, 0.5) is 8.78 Å². The number of carbonyl (C=O) groups excluding carboxylic acids is 1. The number of amides is 1. The summed E-state index contributed by atoms with van der Waals surface area (Å²) in [4.78, 5) is 14.3. The Morgan fingerprint density at radius 3 is 2.84 bits per heavy atom. The Bertz CT molecular complexity index is 792. The predicted molar refractivity (Wildman–Crippen MR) is 86.5 cm³/mol. The highest BCUT2D eigenvalue weighted by Crippen LogP contribution is 2.31. The molecule has 2 unspecified atom stereocenters. The highest BCUT2D eigenvalue weighted by atomic mass is 19.1. The Morgan fingerprint density at radius 2 is 2.12 bits per heavy atom. The van der Waals surface area contributed by atoms with Crippen LogP contribution in [-0.4, -0.2) is 39.8 Å². The lowest BCUT2D eigenvalue weighted by Gasteiger charge is -2.36. The first-order valence-corrected chi connectivity index (χ1v) is 8.48. The van der Waals surface area contributed by atoms with E-state index in [1.54, 1.807) is 27.8 Å². The summed E-state index contributed by atoms with van der Waals surface area (Å²) in [5, 5.41) is 4.38. The van der Waals surface area contributed by atoms with Gasteiger partial charge in [0.15, 0.2) is 0 Å². The smallest absolute Gasteiger partial charge is 0.272 e. The van der Waals surface area contributed by atoms with Gasteiger partial charge in [-0.3, -0.25) is 9.48 Å². The van der Waals surface area contributed by atoms with Gasteiger partial charge >= 0.3 is 0 Å². The fraction of sp³-hybridized carbons (Fsp3) is 0.444. The highest BCUT2D eigenvalue weighted by Gasteiger charge is 2.35. The molecule has 0 N–H and O–H groups in total. The van der Waals surface area contributed by atoms with E-state index in [4.69, 9.17) is 4.74 Å². The molecule has 25 heavy (non-hydrogen) atoms. The van der Waals surface area contributed by atoms with Gasteiger partial charge in [0.2, 0.25) is 0 Å². The number of alkyl halides is 1. The number of carbonyl (C=O) groups is 1. The molecule has 2 aliphatic rings. The molecule has 1 fully saturated rings. The van der Waals surface area contributed by atoms with Crippen LogP contribution in [0.2, 0.25) is 0 Å². The third kappa shape index (κ3) is 3.23. The van der Waals surface area contributed by atoms with Crippen molar-refractivity contribution in [3.05, 3.63) is 47.5 Å². The molecule has 4 rings (SSSR count). The average Bonchev–Trinajstić information content (AvgIpc) is 3.02. The van der Waals surface area contributed by atoms with E-state index in [1.807, 2.05) is 0 Å². The number of rotatable bonds is 5. The van der Waals surface area contributed by atoms with Gasteiger partial charge in [0.05, 0.1) is 6.54 Å². The van der Waals surface area contributed by atoms with Crippen molar-refractivity contribution in [3.63, 3.8) is 0 Å². The molecule has 1 amide bonds. The first-order valence-electron chi connectivity index (χ1n) is 8.48. The number of fused-ring (bicyclic) bond motifs is 1. The molecule has 2 atom stereocenters. The second kappa shape index (κ2) is 6.46. The summed E-state index contributed by atoms with van der Waals surface area (Å²) in [6, 6.07) is 7.58. The van der Waals surface area contributed by atoms with Crippen molar-refractivity contribution in [1.29, 1.82) is 0 Å². The number of hydrogen-bond donors (Lipinski definition) is 0. The second-order valence-corrected chi connectivity index (χ2v) is 6.59. The van der Waals surface area contributed by atoms with Crippen LogP contribution >= 0.6 is 0 Å². The Labute approximate surface area is 144 Å². The van der Waals surface area contributed by atoms with Gasteiger partial charge in [0.1, 0.15) is 35.7 Å². The maximum atomic E-state index is 13.5. The Hall–Kier alpha value is -2.44. The van der Waals surface area contributed by atoms with Gasteiger partial charge < -0.3 is 9.64 Å². The maximum Gasteiger partial charge on any atom is 0.272 e. The van der Waals surface area contributed by atoms with Crippen molar-refractivity contribution in [2.75, 3.05) is 13.1 Å². The minimum absolute atomic E-state index is 0.0331. The predicted octanol–water partition coefficient (Wildman–Crippen LogP) is 2.81. The van der Waals surface area contributed by atoms with Gasteiger partial charge in [-0.25, -0.2) is 8.78 Å². The molecular formula is C18H19F2N3O2. The first kappa shape index (κ1) is 16.1. The zero-order valence-electron chi connectivity index (χ0n) is 13.7. The highest BCUT2D eigenvalue weighted by molar-refractivity contribution is 5.93. The van der Waals surface area contributed by atoms with Gasteiger partial charge in [0.25, 0.3) is 5.91 Å². The number of halogens is 2. The van der Waals surface area contributed by atoms with E-state index in [-0.39, 0.29) is 24.2 Å². The van der Waals surface area contributed by atoms with E-state index >= 15 is 0 Å². The summed E-state index contributed by atoms with van der Waals surface area (Å²) >= 11 is 0. The topological polar surface area (TPSA) is 47.4 Å². The van der Waals surface area contributed by atoms with Crippen molar-refractivity contribution >= 4 is 5.91 Å². The van der Waals surface area contributed by atoms with Crippen LogP contribution < -0.4 is 4.74 Å². The molecule has 0 saturated heterocycles. The van der Waals surface area contributed by atoms with E-state index in [9.17, 15) is 13.6 Å². The lowest BCUT2D eigenvalue weighted by atomic mass is 9.82. The van der Waals surface area contributed by atoms with Gasteiger partial charge in [-0.15, -0.1) is 0 Å². The molecule has 132 valence electrons. The summed E-state index contributed by atoms with van der Waals surface area (Å²) in [6.07, 6.45) is 0.665. The minimum Gasteiger partial charge on any atom is -0.487 e. The van der Waals surface area contributed by atoms with Gasteiger partial charge in [0, 0.05) is 25.1 Å². The van der Waals surface area contributed by atoms with Crippen LogP contribution in [0.15, 0.2) is 30.3 Å². The van der Waals surface area contributed by atoms with Crippen LogP contribution in [0.25, 0.3) is 0 Å². The van der Waals surface area contributed by atoms with Gasteiger partial charge in [-0.1, -0.05) is 6.07 Å². The molecular weight excluding hydrogens is 328 g/mol. The third-order valence-electron chi connectivity index (χ3n) is 4.88. The van der Waals surface area contributed by atoms with Crippen LogP contribution in [0, 0.1) is 11.7 Å². The zero-order chi connectivity index (χ0) is 17.4. The maximum absolute atomic E-state index is 13.5. The summed E-state index contributed by atoms with van der Waals surface area (Å²) in [6.45, 7) is 1.76.